The van der Waals surface area contributed by atoms with E-state index in [-0.39, 0.29) is 40.2 Å². The lowest BCUT2D eigenvalue weighted by Gasteiger charge is -2.62. The molecule has 0 unspecified atom stereocenters. The fourth-order valence-electron chi connectivity index (χ4n) is 9.58. The van der Waals surface area contributed by atoms with Crippen LogP contribution in [0, 0.1) is 39.4 Å². The minimum absolute atomic E-state index is 0.0115. The third-order valence-electron chi connectivity index (χ3n) is 11.6. The first-order chi connectivity index (χ1) is 15.3. The first-order valence-corrected chi connectivity index (χ1v) is 13.4. The maximum Gasteiger partial charge on any atom is 0.303 e. The van der Waals surface area contributed by atoms with Crippen LogP contribution < -0.4 is 0 Å². The van der Waals surface area contributed by atoms with Gasteiger partial charge in [-0.1, -0.05) is 52.7 Å². The van der Waals surface area contributed by atoms with Crippen LogP contribution in [0.1, 0.15) is 113 Å². The van der Waals surface area contributed by atoms with Crippen LogP contribution in [0.5, 0.6) is 0 Å². The van der Waals surface area contributed by atoms with E-state index in [9.17, 15) is 14.7 Å². The molecule has 0 spiro atoms. The van der Waals surface area contributed by atoms with E-state index in [1.807, 2.05) is 0 Å². The number of carbonyl (C=O) groups is 2. The van der Waals surface area contributed by atoms with Crippen molar-refractivity contribution < 1.29 is 19.4 Å². The van der Waals surface area contributed by atoms with Gasteiger partial charge >= 0.3 is 11.9 Å². The van der Waals surface area contributed by atoms with Gasteiger partial charge in [0.1, 0.15) is 6.10 Å². The molecule has 2 fully saturated rings. The Morgan fingerprint density at radius 3 is 2.33 bits per heavy atom. The third-order valence-corrected chi connectivity index (χ3v) is 11.6. The minimum atomic E-state index is -0.667. The van der Waals surface area contributed by atoms with Crippen LogP contribution in [-0.2, 0) is 14.3 Å². The fourth-order valence-corrected chi connectivity index (χ4v) is 9.58. The zero-order chi connectivity index (χ0) is 24.4. The SMILES string of the molecule is CC(=O)O[C@@H]1CC[C@]2(C)C3=C(CC[C@@H]2C1(C)C)[C@]1(C)CC[C@H]([C@@H](C)CCC(=O)O)[C@]1(C)CC3. The molecular formula is C29H46O4. The van der Waals surface area contributed by atoms with E-state index in [1.54, 1.807) is 18.1 Å². The lowest BCUT2D eigenvalue weighted by molar-refractivity contribution is -0.167. The molecule has 4 aliphatic rings. The Hall–Kier alpha value is -1.32. The number of ether oxygens (including phenoxy) is 1. The molecule has 0 aromatic rings. The number of fused-ring (bicyclic) bond motifs is 4. The molecule has 0 heterocycles. The molecule has 4 heteroatoms. The predicted octanol–water partition coefficient (Wildman–Crippen LogP) is 7.17. The maximum absolute atomic E-state index is 11.8. The number of hydrogen-bond acceptors (Lipinski definition) is 3. The van der Waals surface area contributed by atoms with Gasteiger partial charge in [0.15, 0.2) is 0 Å². The fraction of sp³-hybridized carbons (Fsp3) is 0.862. The van der Waals surface area contributed by atoms with Gasteiger partial charge in [-0.3, -0.25) is 9.59 Å². The van der Waals surface area contributed by atoms with Gasteiger partial charge in [-0.25, -0.2) is 0 Å². The van der Waals surface area contributed by atoms with Crippen molar-refractivity contribution in [2.75, 3.05) is 0 Å². The summed E-state index contributed by atoms with van der Waals surface area (Å²) in [5.74, 6) is 0.793. The standard InChI is InChI=1S/C29H46O4/c1-18(8-11-25(31)32)20-12-16-29(7)22-9-10-23-26(3,4)24(33-19(2)30)14-15-27(23,5)21(22)13-17-28(20,29)6/h18,20,23-24H,8-17H2,1-7H3,(H,31,32)/t18-,20+,23+,24+,27+,28-,29-/m0/s1. The lowest BCUT2D eigenvalue weighted by Crippen LogP contribution is -2.55. The molecule has 0 bridgehead atoms. The summed E-state index contributed by atoms with van der Waals surface area (Å²) in [7, 11) is 0. The third kappa shape index (κ3) is 3.60. The number of allylic oxidation sites excluding steroid dienone is 2. The van der Waals surface area contributed by atoms with Gasteiger partial charge in [0.25, 0.3) is 0 Å². The number of esters is 1. The second-order valence-corrected chi connectivity index (χ2v) is 13.2. The molecule has 0 aromatic heterocycles. The van der Waals surface area contributed by atoms with Gasteiger partial charge in [0.2, 0.25) is 0 Å². The molecule has 4 aliphatic carbocycles. The highest BCUT2D eigenvalue weighted by molar-refractivity contribution is 5.66. The van der Waals surface area contributed by atoms with Crippen LogP contribution in [0.3, 0.4) is 0 Å². The Balaban J connectivity index is 1.65. The first kappa shape index (κ1) is 24.8. The largest absolute Gasteiger partial charge is 0.481 e. The van der Waals surface area contributed by atoms with Crippen LogP contribution in [0.4, 0.5) is 0 Å². The van der Waals surface area contributed by atoms with E-state index in [2.05, 4.69) is 41.5 Å². The van der Waals surface area contributed by atoms with Crippen LogP contribution in [0.25, 0.3) is 0 Å². The number of carboxylic acid groups (broad SMARTS) is 1. The Morgan fingerprint density at radius 2 is 1.70 bits per heavy atom. The van der Waals surface area contributed by atoms with Gasteiger partial charge in [-0.05, 0) is 91.8 Å². The van der Waals surface area contributed by atoms with Gasteiger partial charge in [0.05, 0.1) is 0 Å². The lowest BCUT2D eigenvalue weighted by atomic mass is 9.43. The highest BCUT2D eigenvalue weighted by Crippen LogP contribution is 2.72. The topological polar surface area (TPSA) is 63.6 Å². The number of hydrogen-bond donors (Lipinski definition) is 1. The molecule has 1 N–H and O–H groups in total. The van der Waals surface area contributed by atoms with Crippen molar-refractivity contribution in [2.45, 2.75) is 119 Å². The molecule has 2 saturated carbocycles. The first-order valence-electron chi connectivity index (χ1n) is 13.4. The number of aliphatic carboxylic acids is 1. The minimum Gasteiger partial charge on any atom is -0.481 e. The number of rotatable bonds is 5. The maximum atomic E-state index is 11.8. The summed E-state index contributed by atoms with van der Waals surface area (Å²) in [5, 5.41) is 9.22. The predicted molar refractivity (Wildman–Crippen MR) is 131 cm³/mol. The molecule has 0 amide bonds. The highest BCUT2D eigenvalue weighted by atomic mass is 16.5. The van der Waals surface area contributed by atoms with Gasteiger partial charge < -0.3 is 9.84 Å². The Kier molecular flexibility index (Phi) is 6.10. The summed E-state index contributed by atoms with van der Waals surface area (Å²) < 4.78 is 5.83. The quantitative estimate of drug-likeness (QED) is 0.350. The molecular weight excluding hydrogens is 412 g/mol. The van der Waals surface area contributed by atoms with Crippen LogP contribution >= 0.6 is 0 Å². The summed E-state index contributed by atoms with van der Waals surface area (Å²) in [5.41, 5.74) is 4.18. The highest BCUT2D eigenvalue weighted by Gasteiger charge is 2.63. The van der Waals surface area contributed by atoms with Crippen molar-refractivity contribution in [3.05, 3.63) is 11.1 Å². The average Bonchev–Trinajstić information content (AvgIpc) is 3.00. The van der Waals surface area contributed by atoms with Crippen molar-refractivity contribution in [3.63, 3.8) is 0 Å². The second-order valence-electron chi connectivity index (χ2n) is 13.2. The van der Waals surface area contributed by atoms with Crippen molar-refractivity contribution in [3.8, 4) is 0 Å². The van der Waals surface area contributed by atoms with E-state index in [1.165, 1.54) is 38.5 Å². The molecule has 4 rings (SSSR count). The van der Waals surface area contributed by atoms with Crippen molar-refractivity contribution >= 4 is 11.9 Å². The van der Waals surface area contributed by atoms with Crippen molar-refractivity contribution in [1.82, 2.24) is 0 Å². The van der Waals surface area contributed by atoms with E-state index in [0.29, 0.717) is 17.8 Å². The number of carbonyl (C=O) groups excluding carboxylic acids is 1. The zero-order valence-corrected chi connectivity index (χ0v) is 22.1. The van der Waals surface area contributed by atoms with Crippen LogP contribution in [0.2, 0.25) is 0 Å². The van der Waals surface area contributed by atoms with Gasteiger partial charge in [0, 0.05) is 18.8 Å². The Labute approximate surface area is 200 Å². The summed E-state index contributed by atoms with van der Waals surface area (Å²) in [6, 6.07) is 0. The molecule has 33 heavy (non-hydrogen) atoms. The van der Waals surface area contributed by atoms with Gasteiger partial charge in [-0.2, -0.15) is 0 Å². The molecule has 0 saturated heterocycles. The molecule has 186 valence electrons. The van der Waals surface area contributed by atoms with Crippen molar-refractivity contribution in [1.29, 1.82) is 0 Å². The normalized spacial score (nSPS) is 42.7. The molecule has 0 aromatic carbocycles. The molecule has 0 radical (unpaired) electrons. The second kappa shape index (κ2) is 8.12. The zero-order valence-electron chi connectivity index (χ0n) is 22.1. The van der Waals surface area contributed by atoms with E-state index >= 15 is 0 Å². The monoisotopic (exact) mass is 458 g/mol. The summed E-state index contributed by atoms with van der Waals surface area (Å²) in [6.45, 7) is 16.1. The van der Waals surface area contributed by atoms with E-state index < -0.39 is 5.97 Å². The van der Waals surface area contributed by atoms with Crippen LogP contribution in [0.15, 0.2) is 11.1 Å². The summed E-state index contributed by atoms with van der Waals surface area (Å²) in [4.78, 5) is 23.0. The smallest absolute Gasteiger partial charge is 0.303 e. The summed E-state index contributed by atoms with van der Waals surface area (Å²) in [6.07, 6.45) is 10.4. The van der Waals surface area contributed by atoms with E-state index in [4.69, 9.17) is 4.74 Å². The Morgan fingerprint density at radius 1 is 1.00 bits per heavy atom. The molecule has 4 nitrogen and oxygen atoms in total. The summed E-state index contributed by atoms with van der Waals surface area (Å²) >= 11 is 0. The van der Waals surface area contributed by atoms with Gasteiger partial charge in [-0.15, -0.1) is 0 Å². The molecule has 0 aliphatic heterocycles. The van der Waals surface area contributed by atoms with Crippen molar-refractivity contribution in [2.24, 2.45) is 39.4 Å². The van der Waals surface area contributed by atoms with Crippen LogP contribution in [-0.4, -0.2) is 23.1 Å². The van der Waals surface area contributed by atoms with E-state index in [0.717, 1.165) is 19.3 Å². The number of carboxylic acids is 1. The Bertz CT molecular complexity index is 856. The molecule has 7 atom stereocenters. The average molecular weight is 459 g/mol.